The molecule has 0 saturated carbocycles. The van der Waals surface area contributed by atoms with Crippen LogP contribution in [0.5, 0.6) is 17.2 Å². The molecule has 5 heteroatoms. The summed E-state index contributed by atoms with van der Waals surface area (Å²) < 4.78 is 15.5. The lowest BCUT2D eigenvalue weighted by atomic mass is 10.1. The molecule has 0 saturated heterocycles. The van der Waals surface area contributed by atoms with Crippen molar-refractivity contribution >= 4 is 17.5 Å². The highest BCUT2D eigenvalue weighted by Crippen LogP contribution is 2.32. The lowest BCUT2D eigenvalue weighted by Gasteiger charge is -2.10. The molecule has 0 aliphatic carbocycles. The number of methoxy groups -OCH3 is 3. The van der Waals surface area contributed by atoms with Crippen molar-refractivity contribution in [1.29, 1.82) is 0 Å². The largest absolute Gasteiger partial charge is 0.497 e. The molecule has 120 valence electrons. The van der Waals surface area contributed by atoms with Crippen LogP contribution in [0.1, 0.15) is 15.9 Å². The van der Waals surface area contributed by atoms with Gasteiger partial charge in [0.25, 0.3) is 0 Å². The second-order valence-corrected chi connectivity index (χ2v) is 4.77. The van der Waals surface area contributed by atoms with E-state index in [2.05, 4.69) is 0 Å². The molecule has 0 spiro atoms. The number of carbonyl (C=O) groups excluding carboxylic acids is 1. The number of ether oxygens (including phenoxy) is 3. The summed E-state index contributed by atoms with van der Waals surface area (Å²) in [6.45, 7) is 0. The maximum atomic E-state index is 12.4. The maximum Gasteiger partial charge on any atom is 0.188 e. The quantitative estimate of drug-likeness (QED) is 0.504. The van der Waals surface area contributed by atoms with E-state index in [1.165, 1.54) is 20.3 Å². The van der Waals surface area contributed by atoms with Gasteiger partial charge in [-0.3, -0.25) is 4.79 Å². The number of nitrogen functional groups attached to an aromatic ring is 1. The van der Waals surface area contributed by atoms with E-state index >= 15 is 0 Å². The van der Waals surface area contributed by atoms with Crippen LogP contribution in [0, 0.1) is 0 Å². The number of hydrogen-bond acceptors (Lipinski definition) is 5. The van der Waals surface area contributed by atoms with Gasteiger partial charge < -0.3 is 19.9 Å². The number of ketones is 1. The van der Waals surface area contributed by atoms with Crippen molar-refractivity contribution in [3.05, 3.63) is 53.6 Å². The Kier molecular flexibility index (Phi) is 5.25. The number of hydrogen-bond donors (Lipinski definition) is 1. The standard InChI is InChI=1S/C18H19NO4/c1-21-13-6-4-5-12(9-13)7-8-16(20)14-10-17(22-2)18(23-3)11-15(14)19/h4-11H,19H2,1-3H3. The second kappa shape index (κ2) is 7.35. The summed E-state index contributed by atoms with van der Waals surface area (Å²) in [5.41, 5.74) is 7.48. The summed E-state index contributed by atoms with van der Waals surface area (Å²) in [5.74, 6) is 1.45. The van der Waals surface area contributed by atoms with E-state index in [-0.39, 0.29) is 5.78 Å². The summed E-state index contributed by atoms with van der Waals surface area (Å²) in [6.07, 6.45) is 3.17. The molecule has 0 heterocycles. The Balaban J connectivity index is 2.28. The maximum absolute atomic E-state index is 12.4. The van der Waals surface area contributed by atoms with Crippen molar-refractivity contribution in [3.8, 4) is 17.2 Å². The molecule has 23 heavy (non-hydrogen) atoms. The number of benzene rings is 2. The smallest absolute Gasteiger partial charge is 0.188 e. The van der Waals surface area contributed by atoms with Crippen molar-refractivity contribution in [3.63, 3.8) is 0 Å². The van der Waals surface area contributed by atoms with Crippen LogP contribution in [0.15, 0.2) is 42.5 Å². The number of anilines is 1. The average molecular weight is 313 g/mol. The summed E-state index contributed by atoms with van der Waals surface area (Å²) >= 11 is 0. The van der Waals surface area contributed by atoms with Gasteiger partial charge in [0.05, 0.1) is 21.3 Å². The fourth-order valence-corrected chi connectivity index (χ4v) is 2.11. The monoisotopic (exact) mass is 313 g/mol. The minimum absolute atomic E-state index is 0.216. The Bertz CT molecular complexity index is 738. The van der Waals surface area contributed by atoms with Gasteiger partial charge in [0.2, 0.25) is 0 Å². The molecule has 0 aliphatic heterocycles. The zero-order valence-electron chi connectivity index (χ0n) is 13.3. The SMILES string of the molecule is COc1cccc(C=CC(=O)c2cc(OC)c(OC)cc2N)c1. The Hall–Kier alpha value is -2.95. The highest BCUT2D eigenvalue weighted by molar-refractivity contribution is 6.10. The third kappa shape index (κ3) is 3.83. The Morgan fingerprint density at radius 2 is 1.70 bits per heavy atom. The molecule has 0 fully saturated rings. The third-order valence-corrected chi connectivity index (χ3v) is 3.34. The van der Waals surface area contributed by atoms with Crippen LogP contribution in [-0.2, 0) is 0 Å². The molecular weight excluding hydrogens is 294 g/mol. The van der Waals surface area contributed by atoms with Gasteiger partial charge in [-0.25, -0.2) is 0 Å². The van der Waals surface area contributed by atoms with Crippen LogP contribution in [-0.4, -0.2) is 27.1 Å². The van der Waals surface area contributed by atoms with Gasteiger partial charge in [0.15, 0.2) is 17.3 Å². The molecule has 2 aromatic rings. The normalized spacial score (nSPS) is 10.6. The minimum Gasteiger partial charge on any atom is -0.497 e. The molecule has 2 N–H and O–H groups in total. The van der Waals surface area contributed by atoms with Gasteiger partial charge in [-0.2, -0.15) is 0 Å². The average Bonchev–Trinajstić information content (AvgIpc) is 2.59. The highest BCUT2D eigenvalue weighted by Gasteiger charge is 2.13. The zero-order valence-corrected chi connectivity index (χ0v) is 13.3. The van der Waals surface area contributed by atoms with Crippen molar-refractivity contribution in [2.45, 2.75) is 0 Å². The van der Waals surface area contributed by atoms with Crippen LogP contribution >= 0.6 is 0 Å². The van der Waals surface area contributed by atoms with Gasteiger partial charge in [0, 0.05) is 17.3 Å². The van der Waals surface area contributed by atoms with Crippen LogP contribution in [0.3, 0.4) is 0 Å². The molecule has 0 unspecified atom stereocenters. The molecule has 2 rings (SSSR count). The van der Waals surface area contributed by atoms with Gasteiger partial charge in [-0.05, 0) is 29.8 Å². The molecule has 5 nitrogen and oxygen atoms in total. The van der Waals surface area contributed by atoms with Crippen LogP contribution in [0.4, 0.5) is 5.69 Å². The van der Waals surface area contributed by atoms with Crippen molar-refractivity contribution in [1.82, 2.24) is 0 Å². The van der Waals surface area contributed by atoms with E-state index in [0.717, 1.165) is 11.3 Å². The third-order valence-electron chi connectivity index (χ3n) is 3.34. The first-order chi connectivity index (χ1) is 11.1. The fraction of sp³-hybridized carbons (Fsp3) is 0.167. The van der Waals surface area contributed by atoms with Gasteiger partial charge in [-0.1, -0.05) is 18.2 Å². The van der Waals surface area contributed by atoms with Crippen molar-refractivity contribution < 1.29 is 19.0 Å². The molecule has 2 aromatic carbocycles. The van der Waals surface area contributed by atoms with E-state index in [1.54, 1.807) is 25.3 Å². The van der Waals surface area contributed by atoms with E-state index in [0.29, 0.717) is 22.7 Å². The molecule has 0 amide bonds. The summed E-state index contributed by atoms with van der Waals surface area (Å²) in [4.78, 5) is 12.4. The Labute approximate surface area is 135 Å². The first kappa shape index (κ1) is 16.4. The minimum atomic E-state index is -0.216. The van der Waals surface area contributed by atoms with Gasteiger partial charge in [0.1, 0.15) is 5.75 Å². The van der Waals surface area contributed by atoms with Crippen LogP contribution in [0.25, 0.3) is 6.08 Å². The number of carbonyl (C=O) groups is 1. The summed E-state index contributed by atoms with van der Waals surface area (Å²) in [5, 5.41) is 0. The lowest BCUT2D eigenvalue weighted by Crippen LogP contribution is -2.03. The molecule has 0 aromatic heterocycles. The fourth-order valence-electron chi connectivity index (χ4n) is 2.11. The number of allylic oxidation sites excluding steroid dienone is 1. The topological polar surface area (TPSA) is 70.8 Å². The van der Waals surface area contributed by atoms with Crippen LogP contribution in [0.2, 0.25) is 0 Å². The van der Waals surface area contributed by atoms with E-state index in [9.17, 15) is 4.79 Å². The van der Waals surface area contributed by atoms with Crippen molar-refractivity contribution in [2.75, 3.05) is 27.1 Å². The second-order valence-electron chi connectivity index (χ2n) is 4.77. The van der Waals surface area contributed by atoms with E-state index in [4.69, 9.17) is 19.9 Å². The first-order valence-corrected chi connectivity index (χ1v) is 6.97. The molecule has 0 atom stereocenters. The molecule has 0 radical (unpaired) electrons. The molecule has 0 aliphatic rings. The predicted molar refractivity (Wildman–Crippen MR) is 90.3 cm³/mol. The Morgan fingerprint density at radius 1 is 1.00 bits per heavy atom. The van der Waals surface area contributed by atoms with Crippen LogP contribution < -0.4 is 19.9 Å². The van der Waals surface area contributed by atoms with E-state index in [1.807, 2.05) is 24.3 Å². The predicted octanol–water partition coefficient (Wildman–Crippen LogP) is 3.19. The van der Waals surface area contributed by atoms with Crippen molar-refractivity contribution in [2.24, 2.45) is 0 Å². The zero-order chi connectivity index (χ0) is 16.8. The van der Waals surface area contributed by atoms with Gasteiger partial charge >= 0.3 is 0 Å². The van der Waals surface area contributed by atoms with E-state index < -0.39 is 0 Å². The summed E-state index contributed by atoms with van der Waals surface area (Å²) in [6, 6.07) is 10.6. The number of nitrogens with two attached hydrogens (primary N) is 1. The van der Waals surface area contributed by atoms with Gasteiger partial charge in [-0.15, -0.1) is 0 Å². The first-order valence-electron chi connectivity index (χ1n) is 6.97. The molecular formula is C18H19NO4. The highest BCUT2D eigenvalue weighted by atomic mass is 16.5. The summed E-state index contributed by atoms with van der Waals surface area (Å²) in [7, 11) is 4.62. The number of rotatable bonds is 6. The molecule has 0 bridgehead atoms. The Morgan fingerprint density at radius 3 is 2.35 bits per heavy atom. The lowest BCUT2D eigenvalue weighted by molar-refractivity contribution is 0.104.